The Morgan fingerprint density at radius 3 is 2.81 bits per heavy atom. The fourth-order valence-electron chi connectivity index (χ4n) is 3.74. The second-order valence-corrected chi connectivity index (χ2v) is 6.28. The number of fused-ring (bicyclic) bond motifs is 1. The van der Waals surface area contributed by atoms with Crippen LogP contribution < -0.4 is 11.1 Å². The number of anilines is 2. The van der Waals surface area contributed by atoms with E-state index in [1.165, 1.54) is 36.9 Å². The van der Waals surface area contributed by atoms with Crippen molar-refractivity contribution < 1.29 is 0 Å². The van der Waals surface area contributed by atoms with Crippen LogP contribution >= 0.6 is 0 Å². The Balaban J connectivity index is 1.70. The zero-order valence-corrected chi connectivity index (χ0v) is 12.3. The van der Waals surface area contributed by atoms with Crippen molar-refractivity contribution in [3.05, 3.63) is 41.6 Å². The molecule has 1 unspecified atom stereocenters. The lowest BCUT2D eigenvalue weighted by molar-refractivity contribution is 0.474. The number of nitrogens with zero attached hydrogens (tertiary/aromatic N) is 2. The van der Waals surface area contributed by atoms with E-state index in [9.17, 15) is 0 Å². The molecule has 1 aromatic heterocycles. The third kappa shape index (κ3) is 2.28. The SMILES string of the molecule is Nc1cccc(C2CCNc3cc(C4CCCC4)nn32)c1. The lowest BCUT2D eigenvalue weighted by Gasteiger charge is -2.26. The second-order valence-electron chi connectivity index (χ2n) is 6.28. The van der Waals surface area contributed by atoms with Gasteiger partial charge in [-0.15, -0.1) is 0 Å². The predicted molar refractivity (Wildman–Crippen MR) is 85.5 cm³/mol. The Bertz CT molecular complexity index is 640. The van der Waals surface area contributed by atoms with Gasteiger partial charge in [0.1, 0.15) is 5.82 Å². The van der Waals surface area contributed by atoms with Crippen molar-refractivity contribution in [2.75, 3.05) is 17.6 Å². The molecule has 2 aliphatic rings. The van der Waals surface area contributed by atoms with Crippen LogP contribution in [-0.4, -0.2) is 16.3 Å². The van der Waals surface area contributed by atoms with Crippen molar-refractivity contribution in [1.82, 2.24) is 9.78 Å². The maximum Gasteiger partial charge on any atom is 0.125 e. The Labute approximate surface area is 125 Å². The normalized spacial score (nSPS) is 22.0. The van der Waals surface area contributed by atoms with Crippen molar-refractivity contribution >= 4 is 11.5 Å². The van der Waals surface area contributed by atoms with Crippen LogP contribution in [-0.2, 0) is 0 Å². The fraction of sp³-hybridized carbons (Fsp3) is 0.471. The number of benzene rings is 1. The van der Waals surface area contributed by atoms with Crippen LogP contribution in [0.2, 0.25) is 0 Å². The molecule has 21 heavy (non-hydrogen) atoms. The van der Waals surface area contributed by atoms with E-state index in [1.807, 2.05) is 12.1 Å². The molecule has 1 aliphatic carbocycles. The average molecular weight is 282 g/mol. The molecule has 2 heterocycles. The van der Waals surface area contributed by atoms with Gasteiger partial charge in [-0.25, -0.2) is 4.68 Å². The van der Waals surface area contributed by atoms with Gasteiger partial charge in [-0.05, 0) is 37.0 Å². The molecule has 1 fully saturated rings. The summed E-state index contributed by atoms with van der Waals surface area (Å²) in [6.45, 7) is 0.995. The summed E-state index contributed by atoms with van der Waals surface area (Å²) in [5, 5.41) is 8.42. The molecule has 0 bridgehead atoms. The standard InChI is InChI=1S/C17H22N4/c18-14-7-3-6-13(10-14)16-8-9-19-17-11-15(20-21(16)17)12-4-1-2-5-12/h3,6-7,10-12,16,19H,1-2,4-5,8-9,18H2. The fourth-order valence-corrected chi connectivity index (χ4v) is 3.74. The first-order chi connectivity index (χ1) is 10.3. The lowest BCUT2D eigenvalue weighted by Crippen LogP contribution is -2.24. The maximum absolute atomic E-state index is 5.94. The summed E-state index contributed by atoms with van der Waals surface area (Å²) in [6, 6.07) is 10.8. The smallest absolute Gasteiger partial charge is 0.125 e. The number of hydrogen-bond acceptors (Lipinski definition) is 3. The molecular formula is C17H22N4. The van der Waals surface area contributed by atoms with E-state index in [-0.39, 0.29) is 0 Å². The third-order valence-corrected chi connectivity index (χ3v) is 4.84. The number of aromatic nitrogens is 2. The van der Waals surface area contributed by atoms with Gasteiger partial charge in [-0.3, -0.25) is 0 Å². The van der Waals surface area contributed by atoms with Gasteiger partial charge < -0.3 is 11.1 Å². The molecule has 0 saturated heterocycles. The summed E-state index contributed by atoms with van der Waals surface area (Å²) in [4.78, 5) is 0. The van der Waals surface area contributed by atoms with Crippen LogP contribution in [0, 0.1) is 0 Å². The van der Waals surface area contributed by atoms with Gasteiger partial charge in [0.2, 0.25) is 0 Å². The van der Waals surface area contributed by atoms with E-state index in [1.54, 1.807) is 0 Å². The molecule has 1 aromatic carbocycles. The minimum atomic E-state index is 0.305. The van der Waals surface area contributed by atoms with Crippen molar-refractivity contribution in [2.24, 2.45) is 0 Å². The van der Waals surface area contributed by atoms with Gasteiger partial charge in [0.15, 0.2) is 0 Å². The zero-order chi connectivity index (χ0) is 14.2. The summed E-state index contributed by atoms with van der Waals surface area (Å²) < 4.78 is 2.17. The van der Waals surface area contributed by atoms with Gasteiger partial charge in [0.25, 0.3) is 0 Å². The molecule has 4 rings (SSSR count). The quantitative estimate of drug-likeness (QED) is 0.828. The minimum Gasteiger partial charge on any atom is -0.399 e. The summed E-state index contributed by atoms with van der Waals surface area (Å²) in [6.07, 6.45) is 6.33. The molecule has 1 saturated carbocycles. The highest BCUT2D eigenvalue weighted by molar-refractivity contribution is 5.46. The van der Waals surface area contributed by atoms with E-state index in [4.69, 9.17) is 10.8 Å². The molecule has 4 nitrogen and oxygen atoms in total. The molecule has 3 N–H and O–H groups in total. The molecule has 110 valence electrons. The zero-order valence-electron chi connectivity index (χ0n) is 12.3. The third-order valence-electron chi connectivity index (χ3n) is 4.84. The number of nitrogens with two attached hydrogens (primary N) is 1. The second kappa shape index (κ2) is 5.10. The monoisotopic (exact) mass is 282 g/mol. The van der Waals surface area contributed by atoms with Crippen LogP contribution in [0.15, 0.2) is 30.3 Å². The largest absolute Gasteiger partial charge is 0.399 e. The average Bonchev–Trinajstić information content (AvgIpc) is 3.15. The highest BCUT2D eigenvalue weighted by Crippen LogP contribution is 2.37. The minimum absolute atomic E-state index is 0.305. The molecular weight excluding hydrogens is 260 g/mol. The first-order valence-electron chi connectivity index (χ1n) is 8.00. The number of nitrogens with one attached hydrogen (secondary N) is 1. The topological polar surface area (TPSA) is 55.9 Å². The van der Waals surface area contributed by atoms with Crippen molar-refractivity contribution in [3.63, 3.8) is 0 Å². The first-order valence-corrected chi connectivity index (χ1v) is 8.00. The maximum atomic E-state index is 5.94. The van der Waals surface area contributed by atoms with Gasteiger partial charge in [0.05, 0.1) is 11.7 Å². The van der Waals surface area contributed by atoms with Crippen molar-refractivity contribution in [2.45, 2.75) is 44.1 Å². The summed E-state index contributed by atoms with van der Waals surface area (Å²) in [5.41, 5.74) is 9.31. The summed E-state index contributed by atoms with van der Waals surface area (Å²) in [7, 11) is 0. The lowest BCUT2D eigenvalue weighted by atomic mass is 10.0. The van der Waals surface area contributed by atoms with E-state index in [0.29, 0.717) is 12.0 Å². The number of nitrogen functional groups attached to an aromatic ring is 1. The molecule has 0 amide bonds. The van der Waals surface area contributed by atoms with Gasteiger partial charge in [0, 0.05) is 24.2 Å². The first kappa shape index (κ1) is 12.7. The van der Waals surface area contributed by atoms with E-state index in [2.05, 4.69) is 28.2 Å². The van der Waals surface area contributed by atoms with Gasteiger partial charge in [-0.1, -0.05) is 25.0 Å². The number of hydrogen-bond donors (Lipinski definition) is 2. The van der Waals surface area contributed by atoms with Gasteiger partial charge >= 0.3 is 0 Å². The number of rotatable bonds is 2. The van der Waals surface area contributed by atoms with Crippen LogP contribution in [0.3, 0.4) is 0 Å². The van der Waals surface area contributed by atoms with Crippen LogP contribution in [0.25, 0.3) is 0 Å². The molecule has 0 spiro atoms. The van der Waals surface area contributed by atoms with E-state index >= 15 is 0 Å². The predicted octanol–water partition coefficient (Wildman–Crippen LogP) is 3.53. The van der Waals surface area contributed by atoms with E-state index < -0.39 is 0 Å². The highest BCUT2D eigenvalue weighted by Gasteiger charge is 2.26. The molecule has 4 heteroatoms. The molecule has 2 aromatic rings. The van der Waals surface area contributed by atoms with E-state index in [0.717, 1.165) is 24.5 Å². The van der Waals surface area contributed by atoms with Crippen LogP contribution in [0.1, 0.15) is 55.3 Å². The van der Waals surface area contributed by atoms with Crippen LogP contribution in [0.5, 0.6) is 0 Å². The van der Waals surface area contributed by atoms with Gasteiger partial charge in [-0.2, -0.15) is 5.10 Å². The van der Waals surface area contributed by atoms with Crippen LogP contribution in [0.4, 0.5) is 11.5 Å². The Morgan fingerprint density at radius 1 is 1.14 bits per heavy atom. The molecule has 1 aliphatic heterocycles. The van der Waals surface area contributed by atoms with Crippen molar-refractivity contribution in [1.29, 1.82) is 0 Å². The Hall–Kier alpha value is -1.97. The van der Waals surface area contributed by atoms with Crippen molar-refractivity contribution in [3.8, 4) is 0 Å². The molecule has 1 atom stereocenters. The Morgan fingerprint density at radius 2 is 2.00 bits per heavy atom. The summed E-state index contributed by atoms with van der Waals surface area (Å²) >= 11 is 0. The molecule has 0 radical (unpaired) electrons. The summed E-state index contributed by atoms with van der Waals surface area (Å²) in [5.74, 6) is 1.82. The Kier molecular flexibility index (Phi) is 3.09. The highest BCUT2D eigenvalue weighted by atomic mass is 15.4.